The van der Waals surface area contributed by atoms with Gasteiger partial charge >= 0.3 is 0 Å². The van der Waals surface area contributed by atoms with E-state index in [1.807, 2.05) is 18.2 Å². The first-order valence-corrected chi connectivity index (χ1v) is 8.58. The summed E-state index contributed by atoms with van der Waals surface area (Å²) in [6, 6.07) is 13.5. The van der Waals surface area contributed by atoms with Crippen molar-refractivity contribution in [2.24, 2.45) is 5.16 Å². The van der Waals surface area contributed by atoms with Crippen molar-refractivity contribution in [2.75, 3.05) is 18.5 Å². The summed E-state index contributed by atoms with van der Waals surface area (Å²) in [7, 11) is 0. The smallest absolute Gasteiger partial charge is 0.271 e. The number of fused-ring (bicyclic) bond motifs is 1. The van der Waals surface area contributed by atoms with E-state index in [1.54, 1.807) is 4.90 Å². The molecule has 1 aliphatic heterocycles. The van der Waals surface area contributed by atoms with Crippen LogP contribution in [0.3, 0.4) is 0 Å². The molecule has 0 saturated heterocycles. The summed E-state index contributed by atoms with van der Waals surface area (Å²) in [5.74, 6) is -0.842. The minimum atomic E-state index is -0.625. The van der Waals surface area contributed by atoms with E-state index in [2.05, 4.69) is 16.5 Å². The molecule has 0 fully saturated rings. The van der Waals surface area contributed by atoms with Crippen molar-refractivity contribution in [3.8, 4) is 0 Å². The van der Waals surface area contributed by atoms with E-state index in [1.165, 1.54) is 29.8 Å². The summed E-state index contributed by atoms with van der Waals surface area (Å²) in [5, 5.41) is 16.6. The van der Waals surface area contributed by atoms with Gasteiger partial charge in [0.1, 0.15) is 6.21 Å². The molecule has 0 unspecified atom stereocenters. The van der Waals surface area contributed by atoms with Crippen LogP contribution in [0.2, 0.25) is 0 Å². The molecule has 144 valence electrons. The molecular formula is C19H18N4O5. The van der Waals surface area contributed by atoms with Gasteiger partial charge < -0.3 is 15.1 Å². The van der Waals surface area contributed by atoms with Gasteiger partial charge in [0.25, 0.3) is 17.5 Å². The summed E-state index contributed by atoms with van der Waals surface area (Å²) >= 11 is 0. The van der Waals surface area contributed by atoms with E-state index in [-0.39, 0.29) is 23.9 Å². The second-order valence-electron chi connectivity index (χ2n) is 6.14. The summed E-state index contributed by atoms with van der Waals surface area (Å²) in [6.45, 7) is 0.855. The highest BCUT2D eigenvalue weighted by Crippen LogP contribution is 2.18. The minimum absolute atomic E-state index is 0.139. The number of amides is 2. The minimum Gasteiger partial charge on any atom is -0.386 e. The molecule has 0 aromatic heterocycles. The number of anilines is 1. The first-order chi connectivity index (χ1) is 13.5. The Bertz CT molecular complexity index is 928. The standard InChI is InChI=1S/C19H18N4O5/c24-18(21-16-6-3-7-17(10-16)23(26)27)11-20-28-13-19(25)22-9-8-14-4-1-2-5-15(14)12-22/h1-7,10-11H,8-9,12-13H2,(H,21,24)/b20-11-. The highest BCUT2D eigenvalue weighted by molar-refractivity contribution is 6.31. The number of benzene rings is 2. The zero-order valence-corrected chi connectivity index (χ0v) is 14.9. The van der Waals surface area contributed by atoms with Crippen LogP contribution in [0.1, 0.15) is 11.1 Å². The highest BCUT2D eigenvalue weighted by Gasteiger charge is 2.20. The predicted molar refractivity (Wildman–Crippen MR) is 102 cm³/mol. The van der Waals surface area contributed by atoms with Crippen LogP contribution in [0.4, 0.5) is 11.4 Å². The third-order valence-corrected chi connectivity index (χ3v) is 4.24. The fourth-order valence-corrected chi connectivity index (χ4v) is 2.85. The summed E-state index contributed by atoms with van der Waals surface area (Å²) in [5.41, 5.74) is 2.47. The Morgan fingerprint density at radius 1 is 1.21 bits per heavy atom. The molecule has 0 saturated carbocycles. The van der Waals surface area contributed by atoms with Crippen LogP contribution >= 0.6 is 0 Å². The van der Waals surface area contributed by atoms with Crippen molar-refractivity contribution in [3.05, 3.63) is 69.8 Å². The second kappa shape index (κ2) is 8.76. The number of non-ortho nitro benzene ring substituents is 1. The van der Waals surface area contributed by atoms with Gasteiger partial charge in [-0.1, -0.05) is 35.5 Å². The lowest BCUT2D eigenvalue weighted by Crippen LogP contribution is -2.37. The van der Waals surface area contributed by atoms with Gasteiger partial charge in [-0.3, -0.25) is 19.7 Å². The first kappa shape index (κ1) is 19.0. The lowest BCUT2D eigenvalue weighted by Gasteiger charge is -2.28. The van der Waals surface area contributed by atoms with Crippen molar-refractivity contribution in [2.45, 2.75) is 13.0 Å². The Balaban J connectivity index is 1.45. The molecule has 0 atom stereocenters. The number of nitro groups is 1. The average molecular weight is 382 g/mol. The van der Waals surface area contributed by atoms with Gasteiger partial charge in [0.15, 0.2) is 6.61 Å². The first-order valence-electron chi connectivity index (χ1n) is 8.58. The SMILES string of the molecule is O=C(/C=N\OCC(=O)N1CCc2ccccc2C1)Nc1cccc([N+](=O)[O-])c1. The fourth-order valence-electron chi connectivity index (χ4n) is 2.85. The Labute approximate surface area is 160 Å². The van der Waals surface area contributed by atoms with Crippen LogP contribution in [0.25, 0.3) is 0 Å². The Hall–Kier alpha value is -3.75. The van der Waals surface area contributed by atoms with Crippen molar-refractivity contribution < 1.29 is 19.3 Å². The molecule has 0 bridgehead atoms. The van der Waals surface area contributed by atoms with Crippen molar-refractivity contribution >= 4 is 29.4 Å². The lowest BCUT2D eigenvalue weighted by atomic mass is 10.00. The quantitative estimate of drug-likeness (QED) is 0.467. The number of nitrogens with zero attached hydrogens (tertiary/aromatic N) is 3. The number of carbonyl (C=O) groups is 2. The molecule has 2 aromatic rings. The monoisotopic (exact) mass is 382 g/mol. The summed E-state index contributed by atoms with van der Waals surface area (Å²) < 4.78 is 0. The maximum absolute atomic E-state index is 12.2. The molecule has 0 spiro atoms. The van der Waals surface area contributed by atoms with Gasteiger partial charge in [0, 0.05) is 30.9 Å². The largest absolute Gasteiger partial charge is 0.386 e. The van der Waals surface area contributed by atoms with Gasteiger partial charge in [0.2, 0.25) is 0 Å². The molecule has 1 N–H and O–H groups in total. The van der Waals surface area contributed by atoms with Crippen molar-refractivity contribution in [1.82, 2.24) is 4.90 Å². The summed E-state index contributed by atoms with van der Waals surface area (Å²) in [4.78, 5) is 40.7. The molecule has 1 aliphatic rings. The number of oxime groups is 1. The Morgan fingerprint density at radius 2 is 2.00 bits per heavy atom. The lowest BCUT2D eigenvalue weighted by molar-refractivity contribution is -0.384. The van der Waals surface area contributed by atoms with Crippen LogP contribution in [0.5, 0.6) is 0 Å². The zero-order chi connectivity index (χ0) is 19.9. The third kappa shape index (κ3) is 4.91. The Kier molecular flexibility index (Phi) is 5.95. The molecule has 3 rings (SSSR count). The molecule has 0 aliphatic carbocycles. The van der Waals surface area contributed by atoms with E-state index >= 15 is 0 Å². The van der Waals surface area contributed by atoms with E-state index in [9.17, 15) is 19.7 Å². The number of nitrogens with one attached hydrogen (secondary N) is 1. The molecule has 1 heterocycles. The summed E-state index contributed by atoms with van der Waals surface area (Å²) in [6.07, 6.45) is 1.66. The van der Waals surface area contributed by atoms with Gasteiger partial charge in [-0.2, -0.15) is 0 Å². The second-order valence-corrected chi connectivity index (χ2v) is 6.14. The van der Waals surface area contributed by atoms with Crippen LogP contribution in [0.15, 0.2) is 53.7 Å². The van der Waals surface area contributed by atoms with Crippen LogP contribution in [0, 0.1) is 10.1 Å². The van der Waals surface area contributed by atoms with Crippen molar-refractivity contribution in [1.29, 1.82) is 0 Å². The zero-order valence-electron chi connectivity index (χ0n) is 14.9. The number of nitro benzene ring substituents is 1. The highest BCUT2D eigenvalue weighted by atomic mass is 16.6. The van der Waals surface area contributed by atoms with Crippen LogP contribution in [-0.2, 0) is 27.4 Å². The van der Waals surface area contributed by atoms with E-state index < -0.39 is 10.8 Å². The van der Waals surface area contributed by atoms with E-state index in [0.29, 0.717) is 13.1 Å². The van der Waals surface area contributed by atoms with Crippen LogP contribution in [-0.4, -0.2) is 41.0 Å². The van der Waals surface area contributed by atoms with Gasteiger partial charge in [-0.25, -0.2) is 0 Å². The molecule has 9 nitrogen and oxygen atoms in total. The number of hydrogen-bond acceptors (Lipinski definition) is 6. The molecular weight excluding hydrogens is 364 g/mol. The predicted octanol–water partition coefficient (Wildman–Crippen LogP) is 2.12. The van der Waals surface area contributed by atoms with Crippen LogP contribution < -0.4 is 5.32 Å². The maximum Gasteiger partial charge on any atom is 0.271 e. The number of rotatable bonds is 6. The van der Waals surface area contributed by atoms with E-state index in [4.69, 9.17) is 4.84 Å². The topological polar surface area (TPSA) is 114 Å². The molecule has 28 heavy (non-hydrogen) atoms. The maximum atomic E-state index is 12.2. The van der Waals surface area contributed by atoms with Gasteiger partial charge in [-0.05, 0) is 23.6 Å². The van der Waals surface area contributed by atoms with Gasteiger partial charge in [-0.15, -0.1) is 0 Å². The fraction of sp³-hybridized carbons (Fsp3) is 0.211. The normalized spacial score (nSPS) is 13.1. The number of carbonyl (C=O) groups excluding carboxylic acids is 2. The molecule has 2 aromatic carbocycles. The Morgan fingerprint density at radius 3 is 2.79 bits per heavy atom. The molecule has 0 radical (unpaired) electrons. The third-order valence-electron chi connectivity index (χ3n) is 4.24. The van der Waals surface area contributed by atoms with E-state index in [0.717, 1.165) is 18.2 Å². The number of hydrogen-bond donors (Lipinski definition) is 1. The van der Waals surface area contributed by atoms with Gasteiger partial charge in [0.05, 0.1) is 4.92 Å². The average Bonchev–Trinajstić information content (AvgIpc) is 2.70. The molecule has 2 amide bonds. The van der Waals surface area contributed by atoms with Crippen molar-refractivity contribution in [3.63, 3.8) is 0 Å². The molecule has 9 heteroatoms.